The highest BCUT2D eigenvalue weighted by Gasteiger charge is 2.06. The van der Waals surface area contributed by atoms with E-state index < -0.39 is 0 Å². The second-order valence-electron chi connectivity index (χ2n) is 2.61. The van der Waals surface area contributed by atoms with Crippen LogP contribution in [0.4, 0.5) is 5.69 Å². The van der Waals surface area contributed by atoms with Crippen molar-refractivity contribution in [2.75, 3.05) is 11.9 Å². The van der Waals surface area contributed by atoms with E-state index in [-0.39, 0.29) is 12.5 Å². The van der Waals surface area contributed by atoms with Gasteiger partial charge in [0.1, 0.15) is 6.54 Å². The lowest BCUT2D eigenvalue weighted by Crippen LogP contribution is -2.13. The lowest BCUT2D eigenvalue weighted by atomic mass is 10.2. The van der Waals surface area contributed by atoms with Crippen molar-refractivity contribution in [1.29, 1.82) is 0 Å². The second kappa shape index (κ2) is 2.77. The third-order valence-electron chi connectivity index (χ3n) is 1.70. The molecule has 12 heavy (non-hydrogen) atoms. The number of hydrogen-bond donors (Lipinski definition) is 1. The molecule has 0 atom stereocenters. The molecule has 0 fully saturated rings. The van der Waals surface area contributed by atoms with Crippen molar-refractivity contribution in [3.05, 3.63) is 29.8 Å². The van der Waals surface area contributed by atoms with E-state index in [1.807, 2.05) is 24.3 Å². The number of anilines is 1. The molecule has 2 rings (SSSR count). The zero-order chi connectivity index (χ0) is 8.39. The number of fused-ring (bicyclic) bond motifs is 1. The van der Waals surface area contributed by atoms with E-state index in [0.717, 1.165) is 11.3 Å². The SMILES string of the molecule is O=C1CN=Cc2ccccc2N1. The van der Waals surface area contributed by atoms with Crippen LogP contribution in [0.15, 0.2) is 29.3 Å². The maximum absolute atomic E-state index is 11.0. The number of amides is 1. The molecule has 0 saturated carbocycles. The van der Waals surface area contributed by atoms with E-state index in [2.05, 4.69) is 10.3 Å². The Bertz CT molecular complexity index is 344. The fourth-order valence-corrected chi connectivity index (χ4v) is 1.14. The van der Waals surface area contributed by atoms with E-state index >= 15 is 0 Å². The topological polar surface area (TPSA) is 41.5 Å². The molecular formula is C9H8N2O. The van der Waals surface area contributed by atoms with Gasteiger partial charge in [0.15, 0.2) is 0 Å². The zero-order valence-corrected chi connectivity index (χ0v) is 6.45. The van der Waals surface area contributed by atoms with Crippen LogP contribution in [0.25, 0.3) is 0 Å². The molecule has 1 N–H and O–H groups in total. The van der Waals surface area contributed by atoms with Gasteiger partial charge in [-0.1, -0.05) is 18.2 Å². The van der Waals surface area contributed by atoms with Gasteiger partial charge in [0.05, 0.1) is 0 Å². The van der Waals surface area contributed by atoms with Gasteiger partial charge >= 0.3 is 0 Å². The van der Waals surface area contributed by atoms with Crippen LogP contribution in [0, 0.1) is 0 Å². The van der Waals surface area contributed by atoms with Crippen molar-refractivity contribution < 1.29 is 4.79 Å². The Morgan fingerprint density at radius 3 is 3.08 bits per heavy atom. The Morgan fingerprint density at radius 2 is 2.17 bits per heavy atom. The van der Waals surface area contributed by atoms with E-state index in [9.17, 15) is 4.79 Å². The number of rotatable bonds is 0. The highest BCUT2D eigenvalue weighted by molar-refractivity contribution is 6.01. The minimum absolute atomic E-state index is 0.0591. The molecule has 3 heteroatoms. The van der Waals surface area contributed by atoms with Crippen LogP contribution < -0.4 is 5.32 Å². The first-order chi connectivity index (χ1) is 5.86. The number of nitrogens with one attached hydrogen (secondary N) is 1. The van der Waals surface area contributed by atoms with Gasteiger partial charge in [0.25, 0.3) is 0 Å². The molecule has 1 aromatic carbocycles. The molecule has 0 spiro atoms. The number of carbonyl (C=O) groups is 1. The first kappa shape index (κ1) is 7.03. The molecule has 0 radical (unpaired) electrons. The van der Waals surface area contributed by atoms with Crippen molar-refractivity contribution in [3.63, 3.8) is 0 Å². The summed E-state index contributed by atoms with van der Waals surface area (Å²) in [6, 6.07) is 7.59. The van der Waals surface area contributed by atoms with Crippen LogP contribution in [-0.4, -0.2) is 18.7 Å². The first-order valence-electron chi connectivity index (χ1n) is 3.75. The molecule has 1 heterocycles. The predicted octanol–water partition coefficient (Wildman–Crippen LogP) is 1.06. The minimum atomic E-state index is -0.0591. The minimum Gasteiger partial charge on any atom is -0.324 e. The lowest BCUT2D eigenvalue weighted by molar-refractivity contribution is -0.114. The predicted molar refractivity (Wildman–Crippen MR) is 47.5 cm³/mol. The molecule has 0 unspecified atom stereocenters. The van der Waals surface area contributed by atoms with Gasteiger partial charge in [-0.2, -0.15) is 0 Å². The molecule has 0 bridgehead atoms. The number of hydrogen-bond acceptors (Lipinski definition) is 2. The average molecular weight is 160 g/mol. The third kappa shape index (κ3) is 1.21. The highest BCUT2D eigenvalue weighted by Crippen LogP contribution is 2.14. The summed E-state index contributed by atoms with van der Waals surface area (Å²) in [4.78, 5) is 15.0. The number of benzodiazepines with no additional fused rings is 1. The van der Waals surface area contributed by atoms with Crippen LogP contribution >= 0.6 is 0 Å². The third-order valence-corrected chi connectivity index (χ3v) is 1.70. The van der Waals surface area contributed by atoms with Gasteiger partial charge in [-0.05, 0) is 6.07 Å². The standard InChI is InChI=1S/C9H8N2O/c12-9-6-10-5-7-3-1-2-4-8(7)11-9/h1-5H,6H2,(H,11,12). The Hall–Kier alpha value is -1.64. The summed E-state index contributed by atoms with van der Waals surface area (Å²) in [6.45, 7) is 0.217. The van der Waals surface area contributed by atoms with Gasteiger partial charge in [0, 0.05) is 17.5 Å². The Kier molecular flexibility index (Phi) is 1.63. The maximum atomic E-state index is 11.0. The molecule has 3 nitrogen and oxygen atoms in total. The Labute approximate surface area is 70.1 Å². The van der Waals surface area contributed by atoms with Crippen LogP contribution in [0.3, 0.4) is 0 Å². The summed E-state index contributed by atoms with van der Waals surface area (Å²) in [5.41, 5.74) is 1.80. The Morgan fingerprint density at radius 1 is 1.33 bits per heavy atom. The number of benzene rings is 1. The monoisotopic (exact) mass is 160 g/mol. The van der Waals surface area contributed by atoms with Crippen molar-refractivity contribution in [2.45, 2.75) is 0 Å². The fraction of sp³-hybridized carbons (Fsp3) is 0.111. The summed E-state index contributed by atoms with van der Waals surface area (Å²) in [6.07, 6.45) is 1.72. The summed E-state index contributed by atoms with van der Waals surface area (Å²) in [5, 5.41) is 2.76. The highest BCUT2D eigenvalue weighted by atomic mass is 16.1. The van der Waals surface area contributed by atoms with Crippen molar-refractivity contribution in [1.82, 2.24) is 0 Å². The van der Waals surface area contributed by atoms with Crippen LogP contribution in [0.1, 0.15) is 5.56 Å². The molecule has 0 saturated heterocycles. The van der Waals surface area contributed by atoms with Gasteiger partial charge in [0.2, 0.25) is 5.91 Å². The summed E-state index contributed by atoms with van der Waals surface area (Å²) in [7, 11) is 0. The number of nitrogens with zero attached hydrogens (tertiary/aromatic N) is 1. The van der Waals surface area contributed by atoms with Gasteiger partial charge < -0.3 is 5.32 Å². The smallest absolute Gasteiger partial charge is 0.246 e. The van der Waals surface area contributed by atoms with E-state index in [4.69, 9.17) is 0 Å². The summed E-state index contributed by atoms with van der Waals surface area (Å²) in [5.74, 6) is -0.0591. The molecule has 0 aliphatic carbocycles. The molecule has 1 amide bonds. The maximum Gasteiger partial charge on any atom is 0.246 e. The molecule has 1 aromatic rings. The first-order valence-corrected chi connectivity index (χ1v) is 3.75. The normalized spacial score (nSPS) is 14.8. The number of carbonyl (C=O) groups excluding carboxylic acids is 1. The van der Waals surface area contributed by atoms with Crippen LogP contribution in [0.2, 0.25) is 0 Å². The molecule has 1 aliphatic heterocycles. The van der Waals surface area contributed by atoms with Crippen molar-refractivity contribution in [3.8, 4) is 0 Å². The van der Waals surface area contributed by atoms with Crippen molar-refractivity contribution >= 4 is 17.8 Å². The molecular weight excluding hydrogens is 152 g/mol. The van der Waals surface area contributed by atoms with Gasteiger partial charge in [-0.15, -0.1) is 0 Å². The van der Waals surface area contributed by atoms with E-state index in [1.54, 1.807) is 6.21 Å². The average Bonchev–Trinajstić information content (AvgIpc) is 2.25. The second-order valence-corrected chi connectivity index (χ2v) is 2.61. The summed E-state index contributed by atoms with van der Waals surface area (Å²) < 4.78 is 0. The van der Waals surface area contributed by atoms with Gasteiger partial charge in [-0.25, -0.2) is 0 Å². The quantitative estimate of drug-likeness (QED) is 0.605. The van der Waals surface area contributed by atoms with E-state index in [0.29, 0.717) is 0 Å². The van der Waals surface area contributed by atoms with Crippen LogP contribution in [-0.2, 0) is 4.79 Å². The lowest BCUT2D eigenvalue weighted by Gasteiger charge is -2.02. The zero-order valence-electron chi connectivity index (χ0n) is 6.45. The molecule has 1 aliphatic rings. The van der Waals surface area contributed by atoms with Crippen LogP contribution in [0.5, 0.6) is 0 Å². The molecule has 60 valence electrons. The Balaban J connectivity index is 2.48. The van der Waals surface area contributed by atoms with Crippen molar-refractivity contribution in [2.24, 2.45) is 4.99 Å². The van der Waals surface area contributed by atoms with Gasteiger partial charge in [-0.3, -0.25) is 9.79 Å². The van der Waals surface area contributed by atoms with E-state index in [1.165, 1.54) is 0 Å². The number of aliphatic imine (C=N–C) groups is 1. The molecule has 0 aromatic heterocycles. The number of para-hydroxylation sites is 1. The summed E-state index contributed by atoms with van der Waals surface area (Å²) >= 11 is 0. The fourth-order valence-electron chi connectivity index (χ4n) is 1.14. The largest absolute Gasteiger partial charge is 0.324 e.